The van der Waals surface area contributed by atoms with Crippen LogP contribution in [0.3, 0.4) is 0 Å². The molecule has 0 aliphatic rings. The van der Waals surface area contributed by atoms with Crippen LogP contribution >= 0.6 is 11.3 Å². The molecule has 0 spiro atoms. The number of aryl methyl sites for hydroxylation is 1. The minimum absolute atomic E-state index is 0.0683. The van der Waals surface area contributed by atoms with Gasteiger partial charge >= 0.3 is 0 Å². The number of fused-ring (bicyclic) bond motifs is 1. The van der Waals surface area contributed by atoms with E-state index in [0.29, 0.717) is 34.0 Å². The van der Waals surface area contributed by atoms with Gasteiger partial charge in [-0.15, -0.1) is 5.10 Å². The number of aromatic nitrogens is 1. The number of nitrogens with zero attached hydrogens (tertiary/aromatic N) is 2. The summed E-state index contributed by atoms with van der Waals surface area (Å²) >= 11 is 1.38. The van der Waals surface area contributed by atoms with Crippen LogP contribution in [0.15, 0.2) is 40.3 Å². The Balaban J connectivity index is 2.23. The molecule has 0 aliphatic heterocycles. The minimum atomic E-state index is -1.82. The quantitative estimate of drug-likeness (QED) is 0.0940. The Bertz CT molecular complexity index is 1100. The van der Waals surface area contributed by atoms with Crippen molar-refractivity contribution in [2.45, 2.75) is 30.6 Å². The van der Waals surface area contributed by atoms with Gasteiger partial charge in [-0.3, -0.25) is 0 Å². The second-order valence-electron chi connectivity index (χ2n) is 6.64. The van der Waals surface area contributed by atoms with E-state index in [2.05, 4.69) is 15.6 Å². The first-order valence-electron chi connectivity index (χ1n) is 9.35. The van der Waals surface area contributed by atoms with Crippen molar-refractivity contribution < 1.29 is 9.32 Å². The summed E-state index contributed by atoms with van der Waals surface area (Å²) < 4.78 is 13.5. The zero-order valence-electron chi connectivity index (χ0n) is 16.3. The summed E-state index contributed by atoms with van der Waals surface area (Å²) in [5, 5.41) is 19.2. The largest absolute Gasteiger partial charge is 0.396 e. The van der Waals surface area contributed by atoms with Crippen molar-refractivity contribution >= 4 is 43.5 Å². The number of nitrogens with one attached hydrogen (secondary N) is 1. The first kappa shape index (κ1) is 22.1. The number of rotatable bonds is 9. The van der Waals surface area contributed by atoms with Gasteiger partial charge in [-0.1, -0.05) is 42.0 Å². The normalized spacial score (nSPS) is 13.0. The number of unbranched alkanes of at least 4 members (excludes halogenated alkanes) is 2. The molecule has 9 nitrogen and oxygen atoms in total. The Morgan fingerprint density at radius 1 is 1.20 bits per heavy atom. The Morgan fingerprint density at radius 3 is 2.70 bits per heavy atom. The van der Waals surface area contributed by atoms with Crippen LogP contribution in [0.1, 0.15) is 30.4 Å². The predicted molar refractivity (Wildman–Crippen MR) is 123 cm³/mol. The third kappa shape index (κ3) is 4.60. The number of hydrazone groups is 1. The molecule has 10 N–H and O–H groups in total. The molecular formula is C19H25N7O2S2. The van der Waals surface area contributed by atoms with Gasteiger partial charge in [0, 0.05) is 17.7 Å². The van der Waals surface area contributed by atoms with E-state index in [1.807, 2.05) is 30.3 Å². The average molecular weight is 448 g/mol. The molecule has 0 saturated carbocycles. The van der Waals surface area contributed by atoms with Gasteiger partial charge in [-0.05, 0) is 36.5 Å². The summed E-state index contributed by atoms with van der Waals surface area (Å²) in [6, 6.07) is 9.53. The topological polar surface area (TPSA) is 179 Å². The highest BCUT2D eigenvalue weighted by Gasteiger charge is 2.22. The van der Waals surface area contributed by atoms with Gasteiger partial charge in [0.1, 0.15) is 11.0 Å². The van der Waals surface area contributed by atoms with Crippen molar-refractivity contribution in [3.63, 3.8) is 0 Å². The van der Waals surface area contributed by atoms with E-state index >= 15 is 0 Å². The van der Waals surface area contributed by atoms with Crippen molar-refractivity contribution in [1.82, 2.24) is 10.5 Å². The fraction of sp³-hybridized carbons (Fsp3) is 0.263. The van der Waals surface area contributed by atoms with Crippen LogP contribution in [0.4, 0.5) is 5.13 Å². The van der Waals surface area contributed by atoms with Crippen LogP contribution in [0.2, 0.25) is 0 Å². The number of amidine groups is 1. The number of nitrogens with two attached hydrogens (primary N) is 4. The third-order valence-electron chi connectivity index (χ3n) is 4.71. The van der Waals surface area contributed by atoms with E-state index in [1.165, 1.54) is 11.3 Å². The SMILES string of the molecule is NN/N=C(\N)c1c(-c2cccc3sc(N)nc23)ccc(CCCCCO)c1S(N)=O. The molecule has 1 aromatic heterocycles. The number of anilines is 1. The number of benzene rings is 2. The number of para-hydroxylation sites is 1. The highest BCUT2D eigenvalue weighted by Crippen LogP contribution is 2.37. The molecule has 3 aromatic rings. The van der Waals surface area contributed by atoms with Gasteiger partial charge in [0.05, 0.1) is 15.1 Å². The summed E-state index contributed by atoms with van der Waals surface area (Å²) in [5.74, 6) is 5.42. The second-order valence-corrected chi connectivity index (χ2v) is 8.70. The zero-order chi connectivity index (χ0) is 21.7. The van der Waals surface area contributed by atoms with Gasteiger partial charge in [0.25, 0.3) is 0 Å². The van der Waals surface area contributed by atoms with Crippen LogP contribution < -0.4 is 28.0 Å². The van der Waals surface area contributed by atoms with Gasteiger partial charge in [-0.2, -0.15) is 0 Å². The van der Waals surface area contributed by atoms with Gasteiger partial charge in [-0.25, -0.2) is 25.7 Å². The molecule has 2 aromatic carbocycles. The minimum Gasteiger partial charge on any atom is -0.396 e. The molecule has 0 aliphatic carbocycles. The lowest BCUT2D eigenvalue weighted by molar-refractivity contribution is 0.283. The number of hydrazine groups is 1. The Morgan fingerprint density at radius 2 is 2.00 bits per heavy atom. The van der Waals surface area contributed by atoms with Gasteiger partial charge in [0.15, 0.2) is 11.0 Å². The first-order chi connectivity index (χ1) is 14.5. The lowest BCUT2D eigenvalue weighted by atomic mass is 9.94. The molecule has 1 heterocycles. The molecule has 1 atom stereocenters. The summed E-state index contributed by atoms with van der Waals surface area (Å²) in [5.41, 5.74) is 17.8. The Labute approximate surface area is 180 Å². The third-order valence-corrected chi connectivity index (χ3v) is 6.43. The molecule has 3 rings (SSSR count). The number of aliphatic hydroxyl groups is 1. The Kier molecular flexibility index (Phi) is 7.34. The number of thiazole rings is 1. The molecule has 0 radical (unpaired) electrons. The van der Waals surface area contributed by atoms with Crippen LogP contribution in [0.5, 0.6) is 0 Å². The van der Waals surface area contributed by atoms with E-state index < -0.39 is 11.0 Å². The zero-order valence-corrected chi connectivity index (χ0v) is 17.9. The molecule has 0 bridgehead atoms. The lowest BCUT2D eigenvalue weighted by Gasteiger charge is -2.17. The summed E-state index contributed by atoms with van der Waals surface area (Å²) in [4.78, 5) is 4.86. The van der Waals surface area contributed by atoms with E-state index in [0.717, 1.165) is 34.2 Å². The summed E-state index contributed by atoms with van der Waals surface area (Å²) in [6.45, 7) is 0.141. The Hall–Kier alpha value is -2.57. The molecule has 0 amide bonds. The van der Waals surface area contributed by atoms with Crippen LogP contribution in [-0.2, 0) is 17.4 Å². The number of nitrogen functional groups attached to an aromatic ring is 1. The molecule has 11 heteroatoms. The maximum Gasteiger partial charge on any atom is 0.181 e. The van der Waals surface area contributed by atoms with Crippen molar-refractivity contribution in [3.05, 3.63) is 41.5 Å². The van der Waals surface area contributed by atoms with Gasteiger partial charge in [0.2, 0.25) is 0 Å². The predicted octanol–water partition coefficient (Wildman–Crippen LogP) is 1.32. The summed E-state index contributed by atoms with van der Waals surface area (Å²) in [7, 11) is -1.82. The van der Waals surface area contributed by atoms with E-state index in [9.17, 15) is 4.21 Å². The highest BCUT2D eigenvalue weighted by molar-refractivity contribution is 7.82. The van der Waals surface area contributed by atoms with E-state index in [-0.39, 0.29) is 12.4 Å². The van der Waals surface area contributed by atoms with E-state index in [1.54, 1.807) is 0 Å². The fourth-order valence-electron chi connectivity index (χ4n) is 3.44. The molecular weight excluding hydrogens is 422 g/mol. The van der Waals surface area contributed by atoms with Gasteiger partial charge < -0.3 is 16.6 Å². The molecule has 30 heavy (non-hydrogen) atoms. The smallest absolute Gasteiger partial charge is 0.181 e. The van der Waals surface area contributed by atoms with Crippen LogP contribution in [0, 0.1) is 0 Å². The molecule has 1 unspecified atom stereocenters. The number of aliphatic hydroxyl groups excluding tert-OH is 1. The standard InChI is InChI=1S/C19H25N7O2S2/c20-18(25-26-22)15-12(13-6-4-7-14-16(13)24-19(21)29-14)9-8-11(17(15)30(23)28)5-2-1-3-10-27/h4,6-9,26-27H,1-3,5,10,22-23H2,(H2,20,25)(H2,21,24). The second kappa shape index (κ2) is 9.96. The molecule has 160 valence electrons. The van der Waals surface area contributed by atoms with Crippen LogP contribution in [-0.4, -0.2) is 26.7 Å². The first-order valence-corrected chi connectivity index (χ1v) is 11.4. The lowest BCUT2D eigenvalue weighted by Crippen LogP contribution is -2.26. The number of hydrogen-bond donors (Lipinski definition) is 6. The monoisotopic (exact) mass is 447 g/mol. The maximum atomic E-state index is 12.6. The maximum absolute atomic E-state index is 12.6. The van der Waals surface area contributed by atoms with Crippen molar-refractivity contribution in [1.29, 1.82) is 0 Å². The molecule has 0 fully saturated rings. The van der Waals surface area contributed by atoms with Crippen molar-refractivity contribution in [2.75, 3.05) is 12.3 Å². The van der Waals surface area contributed by atoms with Crippen molar-refractivity contribution in [3.8, 4) is 11.1 Å². The van der Waals surface area contributed by atoms with E-state index in [4.69, 9.17) is 27.6 Å². The molecule has 0 saturated heterocycles. The number of hydrogen-bond acceptors (Lipinski definition) is 8. The highest BCUT2D eigenvalue weighted by atomic mass is 32.2. The average Bonchev–Trinajstić information content (AvgIpc) is 3.11. The van der Waals surface area contributed by atoms with Crippen LogP contribution in [0.25, 0.3) is 21.3 Å². The van der Waals surface area contributed by atoms with Crippen molar-refractivity contribution in [2.24, 2.45) is 21.8 Å². The fourth-order valence-corrected chi connectivity index (χ4v) is 5.05. The summed E-state index contributed by atoms with van der Waals surface area (Å²) in [6.07, 6.45) is 3.01.